The number of benzene rings is 2. The number of methoxy groups -OCH3 is 1. The Morgan fingerprint density at radius 2 is 1.65 bits per heavy atom. The summed E-state index contributed by atoms with van der Waals surface area (Å²) >= 11 is 3.32. The Hall–Kier alpha value is -2.03. The van der Waals surface area contributed by atoms with E-state index in [1.807, 2.05) is 0 Å². The maximum Gasteiger partial charge on any atom is 0.307 e. The number of rotatable bonds is 7. The van der Waals surface area contributed by atoms with Crippen molar-refractivity contribution in [3.05, 3.63) is 64.1 Å². The van der Waals surface area contributed by atoms with Gasteiger partial charge in [-0.25, -0.2) is 13.1 Å². The summed E-state index contributed by atoms with van der Waals surface area (Å²) in [5, 5.41) is 0. The molecule has 1 N–H and O–H groups in total. The molecule has 1 unspecified atom stereocenters. The first-order valence-electron chi connectivity index (χ1n) is 7.68. The van der Waals surface area contributed by atoms with E-state index < -0.39 is 22.0 Å². The van der Waals surface area contributed by atoms with Crippen molar-refractivity contribution < 1.29 is 22.7 Å². The molecular formula is C18H18BrNO5S. The number of carbonyl (C=O) groups excluding carboxylic acids is 2. The Balaban J connectivity index is 2.31. The van der Waals surface area contributed by atoms with E-state index in [1.165, 1.54) is 38.3 Å². The molecule has 2 aromatic carbocycles. The molecule has 0 saturated heterocycles. The highest BCUT2D eigenvalue weighted by Crippen LogP contribution is 2.23. The second kappa shape index (κ2) is 8.57. The minimum atomic E-state index is -3.89. The summed E-state index contributed by atoms with van der Waals surface area (Å²) in [5.41, 5.74) is 1.05. The summed E-state index contributed by atoms with van der Waals surface area (Å²) in [6.45, 7) is 1.40. The molecule has 8 heteroatoms. The molecule has 0 bridgehead atoms. The third kappa shape index (κ3) is 5.23. The largest absolute Gasteiger partial charge is 0.469 e. The van der Waals surface area contributed by atoms with Gasteiger partial charge in [-0.15, -0.1) is 0 Å². The Labute approximate surface area is 160 Å². The molecule has 0 aliphatic rings. The molecule has 26 heavy (non-hydrogen) atoms. The number of ether oxygens (including phenoxy) is 1. The molecule has 0 fully saturated rings. The van der Waals surface area contributed by atoms with Crippen molar-refractivity contribution in [3.8, 4) is 0 Å². The third-order valence-electron chi connectivity index (χ3n) is 3.74. The van der Waals surface area contributed by atoms with Gasteiger partial charge in [0, 0.05) is 10.0 Å². The fourth-order valence-electron chi connectivity index (χ4n) is 2.30. The van der Waals surface area contributed by atoms with Gasteiger partial charge in [0.2, 0.25) is 10.0 Å². The lowest BCUT2D eigenvalue weighted by atomic mass is 10.1. The molecule has 2 rings (SSSR count). The molecule has 6 nitrogen and oxygen atoms in total. The fourth-order valence-corrected chi connectivity index (χ4v) is 3.79. The van der Waals surface area contributed by atoms with Gasteiger partial charge in [-0.1, -0.05) is 40.2 Å². The molecule has 0 aromatic heterocycles. The first kappa shape index (κ1) is 20.3. The van der Waals surface area contributed by atoms with Crippen LogP contribution in [0.1, 0.15) is 35.3 Å². The van der Waals surface area contributed by atoms with Crippen molar-refractivity contribution in [1.82, 2.24) is 4.72 Å². The number of nitrogens with one attached hydrogen (secondary N) is 1. The van der Waals surface area contributed by atoms with Gasteiger partial charge in [-0.3, -0.25) is 9.59 Å². The minimum absolute atomic E-state index is 0.00878. The summed E-state index contributed by atoms with van der Waals surface area (Å²) in [6, 6.07) is 11.8. The Morgan fingerprint density at radius 1 is 1.08 bits per heavy atom. The van der Waals surface area contributed by atoms with Crippen LogP contribution in [-0.4, -0.2) is 27.3 Å². The molecule has 1 atom stereocenters. The third-order valence-corrected chi connectivity index (χ3v) is 5.76. The van der Waals surface area contributed by atoms with Crippen molar-refractivity contribution in [2.75, 3.05) is 7.11 Å². The van der Waals surface area contributed by atoms with E-state index in [-0.39, 0.29) is 17.1 Å². The summed E-state index contributed by atoms with van der Waals surface area (Å²) in [6.07, 6.45) is -0.150. The van der Waals surface area contributed by atoms with E-state index in [2.05, 4.69) is 25.4 Å². The van der Waals surface area contributed by atoms with Gasteiger partial charge in [-0.05, 0) is 36.8 Å². The van der Waals surface area contributed by atoms with E-state index in [9.17, 15) is 18.0 Å². The molecule has 138 valence electrons. The average molecular weight is 440 g/mol. The highest BCUT2D eigenvalue weighted by Gasteiger charge is 2.24. The topological polar surface area (TPSA) is 89.5 Å². The van der Waals surface area contributed by atoms with Crippen LogP contribution in [0.15, 0.2) is 57.9 Å². The van der Waals surface area contributed by atoms with E-state index in [4.69, 9.17) is 0 Å². The molecule has 0 aliphatic heterocycles. The maximum absolute atomic E-state index is 12.7. The molecule has 2 aromatic rings. The van der Waals surface area contributed by atoms with Gasteiger partial charge in [-0.2, -0.15) is 0 Å². The molecule has 0 spiro atoms. The number of carbonyl (C=O) groups is 2. The Morgan fingerprint density at radius 3 is 2.15 bits per heavy atom. The molecule has 0 saturated carbocycles. The number of halogens is 1. The second-order valence-electron chi connectivity index (χ2n) is 5.59. The first-order chi connectivity index (χ1) is 12.2. The van der Waals surface area contributed by atoms with Crippen LogP contribution >= 0.6 is 15.9 Å². The van der Waals surface area contributed by atoms with Crippen LogP contribution in [0.25, 0.3) is 0 Å². The summed E-state index contributed by atoms with van der Waals surface area (Å²) in [7, 11) is -2.65. The van der Waals surface area contributed by atoms with E-state index in [0.29, 0.717) is 11.1 Å². The van der Waals surface area contributed by atoms with Crippen molar-refractivity contribution in [1.29, 1.82) is 0 Å². The lowest BCUT2D eigenvalue weighted by Crippen LogP contribution is -2.30. The fraction of sp³-hybridized carbons (Fsp3) is 0.222. The van der Waals surface area contributed by atoms with Gasteiger partial charge in [0.15, 0.2) is 5.78 Å². The molecule has 0 amide bonds. The Kier molecular flexibility index (Phi) is 6.69. The molecule has 0 aliphatic carbocycles. The zero-order valence-corrected chi connectivity index (χ0v) is 16.6. The molecular weight excluding hydrogens is 422 g/mol. The zero-order valence-electron chi connectivity index (χ0n) is 14.2. The maximum atomic E-state index is 12.7. The minimum Gasteiger partial charge on any atom is -0.469 e. The van der Waals surface area contributed by atoms with Crippen LogP contribution in [0.3, 0.4) is 0 Å². The lowest BCUT2D eigenvalue weighted by Gasteiger charge is -2.18. The predicted molar refractivity (Wildman–Crippen MR) is 100 cm³/mol. The molecule has 0 radical (unpaired) electrons. The number of esters is 1. The van der Waals surface area contributed by atoms with E-state index in [1.54, 1.807) is 24.3 Å². The summed E-state index contributed by atoms with van der Waals surface area (Å²) in [5.74, 6) is -0.687. The number of ketones is 1. The van der Waals surface area contributed by atoms with Crippen LogP contribution in [0.5, 0.6) is 0 Å². The van der Waals surface area contributed by atoms with Gasteiger partial charge >= 0.3 is 5.97 Å². The average Bonchev–Trinajstić information content (AvgIpc) is 2.61. The number of hydrogen-bond donors (Lipinski definition) is 1. The summed E-state index contributed by atoms with van der Waals surface area (Å²) < 4.78 is 33.4. The normalized spacial score (nSPS) is 12.4. The first-order valence-corrected chi connectivity index (χ1v) is 9.96. The van der Waals surface area contributed by atoms with Crippen LogP contribution in [-0.2, 0) is 19.6 Å². The number of Topliss-reactive ketones (excluding diaryl/α,β-unsaturated/α-hetero) is 1. The zero-order chi connectivity index (χ0) is 19.3. The lowest BCUT2D eigenvalue weighted by molar-refractivity contribution is -0.141. The number of hydrogen-bond acceptors (Lipinski definition) is 5. The number of sulfonamides is 1. The quantitative estimate of drug-likeness (QED) is 0.528. The van der Waals surface area contributed by atoms with Crippen LogP contribution < -0.4 is 4.72 Å². The van der Waals surface area contributed by atoms with Crippen LogP contribution in [0.4, 0.5) is 0 Å². The van der Waals surface area contributed by atoms with E-state index in [0.717, 1.165) is 4.47 Å². The highest BCUT2D eigenvalue weighted by atomic mass is 79.9. The van der Waals surface area contributed by atoms with Crippen LogP contribution in [0.2, 0.25) is 0 Å². The smallest absolute Gasteiger partial charge is 0.307 e. The van der Waals surface area contributed by atoms with Gasteiger partial charge in [0.25, 0.3) is 0 Å². The van der Waals surface area contributed by atoms with Crippen molar-refractivity contribution in [3.63, 3.8) is 0 Å². The van der Waals surface area contributed by atoms with Crippen molar-refractivity contribution in [2.45, 2.75) is 24.3 Å². The van der Waals surface area contributed by atoms with Gasteiger partial charge < -0.3 is 4.74 Å². The van der Waals surface area contributed by atoms with Crippen LogP contribution in [0, 0.1) is 0 Å². The molecule has 0 heterocycles. The van der Waals surface area contributed by atoms with Gasteiger partial charge in [0.05, 0.1) is 24.5 Å². The Bertz CT molecular complexity index is 892. The standard InChI is InChI=1S/C18H18BrNO5S/c1-12(21)13-5-9-16(10-6-13)26(23,24)20-17(11-18(22)25-2)14-3-7-15(19)8-4-14/h3-10,17,20H,11H2,1-2H3. The second-order valence-corrected chi connectivity index (χ2v) is 8.22. The van der Waals surface area contributed by atoms with Crippen molar-refractivity contribution >= 4 is 37.7 Å². The van der Waals surface area contributed by atoms with Crippen molar-refractivity contribution in [2.24, 2.45) is 0 Å². The highest BCUT2D eigenvalue weighted by molar-refractivity contribution is 9.10. The predicted octanol–water partition coefficient (Wildman–Crippen LogP) is 3.23. The monoisotopic (exact) mass is 439 g/mol. The van der Waals surface area contributed by atoms with E-state index >= 15 is 0 Å². The SMILES string of the molecule is COC(=O)CC(NS(=O)(=O)c1ccc(C(C)=O)cc1)c1ccc(Br)cc1. The summed E-state index contributed by atoms with van der Waals surface area (Å²) in [4.78, 5) is 23.0. The van der Waals surface area contributed by atoms with Gasteiger partial charge in [0.1, 0.15) is 0 Å².